The maximum Gasteiger partial charge on any atom is 0.214 e. The van der Waals surface area contributed by atoms with Gasteiger partial charge in [0.1, 0.15) is 0 Å². The maximum absolute atomic E-state index is 11.7. The monoisotopic (exact) mass is 221 g/mol. The van der Waals surface area contributed by atoms with Gasteiger partial charge in [-0.3, -0.25) is 0 Å². The molecule has 0 bridgehead atoms. The third kappa shape index (κ3) is 3.55. The van der Waals surface area contributed by atoms with Crippen molar-refractivity contribution in [1.29, 1.82) is 0 Å². The predicted molar refractivity (Wildman–Crippen MR) is 55.5 cm³/mol. The third-order valence-corrected chi connectivity index (χ3v) is 4.49. The number of aliphatic hydroxyl groups excluding tert-OH is 1. The lowest BCUT2D eigenvalue weighted by Crippen LogP contribution is -2.38. The molecule has 1 saturated carbocycles. The summed E-state index contributed by atoms with van der Waals surface area (Å²) >= 11 is 0. The van der Waals surface area contributed by atoms with E-state index < -0.39 is 16.1 Å². The number of aliphatic hydroxyl groups is 1. The molecule has 1 aliphatic carbocycles. The fourth-order valence-corrected chi connectivity index (χ4v) is 3.39. The summed E-state index contributed by atoms with van der Waals surface area (Å²) in [6.45, 7) is 1.70. The fraction of sp³-hybridized carbons (Fsp3) is 1.00. The highest BCUT2D eigenvalue weighted by atomic mass is 32.2. The summed E-state index contributed by atoms with van der Waals surface area (Å²) in [4.78, 5) is 0. The van der Waals surface area contributed by atoms with Crippen LogP contribution in [0.1, 0.15) is 39.0 Å². The Kier molecular flexibility index (Phi) is 4.34. The lowest BCUT2D eigenvalue weighted by Gasteiger charge is -2.22. The number of rotatable bonds is 4. The summed E-state index contributed by atoms with van der Waals surface area (Å²) in [6.07, 6.45) is 4.04. The fourth-order valence-electron chi connectivity index (χ4n) is 1.73. The lowest BCUT2D eigenvalue weighted by molar-refractivity contribution is 0.198. The standard InChI is InChI=1S/C9H19NO3S/c1-8(11)7-10-14(12,13)9-5-3-2-4-6-9/h8-11H,2-7H2,1H3. The number of hydrogen-bond acceptors (Lipinski definition) is 3. The molecule has 0 aromatic heterocycles. The molecule has 0 radical (unpaired) electrons. The van der Waals surface area contributed by atoms with Gasteiger partial charge >= 0.3 is 0 Å². The van der Waals surface area contributed by atoms with E-state index in [4.69, 9.17) is 5.11 Å². The average molecular weight is 221 g/mol. The van der Waals surface area contributed by atoms with Crippen LogP contribution in [-0.2, 0) is 10.0 Å². The van der Waals surface area contributed by atoms with Crippen LogP contribution in [0, 0.1) is 0 Å². The Bertz CT molecular complexity index is 255. The van der Waals surface area contributed by atoms with Gasteiger partial charge in [0.2, 0.25) is 10.0 Å². The Morgan fingerprint density at radius 3 is 2.43 bits per heavy atom. The predicted octanol–water partition coefficient (Wildman–Crippen LogP) is 0.619. The zero-order valence-electron chi connectivity index (χ0n) is 8.57. The first kappa shape index (κ1) is 11.9. The first-order valence-corrected chi connectivity index (χ1v) is 6.73. The maximum atomic E-state index is 11.7. The molecule has 84 valence electrons. The van der Waals surface area contributed by atoms with Gasteiger partial charge in [-0.1, -0.05) is 19.3 Å². The molecule has 4 nitrogen and oxygen atoms in total. The normalized spacial score (nSPS) is 22.1. The van der Waals surface area contributed by atoms with Crippen LogP contribution in [0.4, 0.5) is 0 Å². The number of sulfonamides is 1. The summed E-state index contributed by atoms with van der Waals surface area (Å²) < 4.78 is 25.8. The van der Waals surface area contributed by atoms with Crippen molar-refractivity contribution in [2.45, 2.75) is 50.4 Å². The van der Waals surface area contributed by atoms with Gasteiger partial charge in [0.05, 0.1) is 11.4 Å². The zero-order chi connectivity index (χ0) is 10.6. The molecule has 0 saturated heterocycles. The van der Waals surface area contributed by atoms with E-state index in [2.05, 4.69) is 4.72 Å². The molecule has 2 N–H and O–H groups in total. The molecule has 1 fully saturated rings. The first-order chi connectivity index (χ1) is 6.52. The second-order valence-electron chi connectivity index (χ2n) is 4.00. The minimum atomic E-state index is -3.19. The second kappa shape index (κ2) is 5.09. The van der Waals surface area contributed by atoms with E-state index in [0.29, 0.717) is 0 Å². The van der Waals surface area contributed by atoms with Crippen molar-refractivity contribution in [1.82, 2.24) is 4.72 Å². The largest absolute Gasteiger partial charge is 0.392 e. The van der Waals surface area contributed by atoms with Gasteiger partial charge < -0.3 is 5.11 Å². The summed E-state index contributed by atoms with van der Waals surface area (Å²) in [5.74, 6) is 0. The van der Waals surface area contributed by atoms with E-state index in [9.17, 15) is 8.42 Å². The molecule has 0 spiro atoms. The quantitative estimate of drug-likeness (QED) is 0.731. The van der Waals surface area contributed by atoms with Crippen LogP contribution in [0.5, 0.6) is 0 Å². The number of nitrogens with one attached hydrogen (secondary N) is 1. The van der Waals surface area contributed by atoms with Crippen molar-refractivity contribution >= 4 is 10.0 Å². The van der Waals surface area contributed by atoms with Crippen LogP contribution in [0.2, 0.25) is 0 Å². The molecular weight excluding hydrogens is 202 g/mol. The van der Waals surface area contributed by atoms with Crippen LogP contribution >= 0.6 is 0 Å². The molecule has 0 aliphatic heterocycles. The second-order valence-corrected chi connectivity index (χ2v) is 6.05. The molecule has 1 aliphatic rings. The van der Waals surface area contributed by atoms with E-state index in [-0.39, 0.29) is 11.8 Å². The minimum Gasteiger partial charge on any atom is -0.392 e. The number of hydrogen-bond donors (Lipinski definition) is 2. The topological polar surface area (TPSA) is 66.4 Å². The van der Waals surface area contributed by atoms with Crippen molar-refractivity contribution in [3.05, 3.63) is 0 Å². The van der Waals surface area contributed by atoms with Crippen LogP contribution in [0.25, 0.3) is 0 Å². The Labute approximate surface area is 85.8 Å². The average Bonchev–Trinajstić information content (AvgIpc) is 2.16. The molecule has 0 heterocycles. The molecule has 1 rings (SSSR count). The Morgan fingerprint density at radius 1 is 1.36 bits per heavy atom. The zero-order valence-corrected chi connectivity index (χ0v) is 9.39. The van der Waals surface area contributed by atoms with Crippen LogP contribution in [0.3, 0.4) is 0 Å². The van der Waals surface area contributed by atoms with E-state index >= 15 is 0 Å². The highest BCUT2D eigenvalue weighted by Gasteiger charge is 2.26. The van der Waals surface area contributed by atoms with Crippen molar-refractivity contribution in [2.75, 3.05) is 6.54 Å². The Hall–Kier alpha value is -0.130. The van der Waals surface area contributed by atoms with Crippen molar-refractivity contribution < 1.29 is 13.5 Å². The first-order valence-electron chi connectivity index (χ1n) is 5.19. The third-order valence-electron chi connectivity index (χ3n) is 2.57. The van der Waals surface area contributed by atoms with E-state index in [1.54, 1.807) is 6.92 Å². The van der Waals surface area contributed by atoms with Crippen LogP contribution < -0.4 is 4.72 Å². The molecular formula is C9H19NO3S. The van der Waals surface area contributed by atoms with Gasteiger partial charge in [-0.15, -0.1) is 0 Å². The summed E-state index contributed by atoms with van der Waals surface area (Å²) in [5.41, 5.74) is 0. The summed E-state index contributed by atoms with van der Waals surface area (Å²) in [5, 5.41) is 8.75. The van der Waals surface area contributed by atoms with Gasteiger partial charge in [-0.05, 0) is 19.8 Å². The van der Waals surface area contributed by atoms with Crippen LogP contribution in [-0.4, -0.2) is 31.4 Å². The van der Waals surface area contributed by atoms with Gasteiger partial charge in [0.25, 0.3) is 0 Å². The molecule has 0 aromatic carbocycles. The van der Waals surface area contributed by atoms with E-state index in [1.807, 2.05) is 0 Å². The Morgan fingerprint density at radius 2 is 1.93 bits per heavy atom. The molecule has 1 atom stereocenters. The van der Waals surface area contributed by atoms with Gasteiger partial charge in [-0.25, -0.2) is 13.1 Å². The smallest absolute Gasteiger partial charge is 0.214 e. The van der Waals surface area contributed by atoms with Crippen LogP contribution in [0.15, 0.2) is 0 Å². The lowest BCUT2D eigenvalue weighted by atomic mass is 10.0. The van der Waals surface area contributed by atoms with Gasteiger partial charge in [0, 0.05) is 6.54 Å². The summed E-state index contributed by atoms with van der Waals surface area (Å²) in [6, 6.07) is 0. The van der Waals surface area contributed by atoms with Gasteiger partial charge in [0.15, 0.2) is 0 Å². The van der Waals surface area contributed by atoms with Crippen molar-refractivity contribution in [2.24, 2.45) is 0 Å². The van der Waals surface area contributed by atoms with E-state index in [0.717, 1.165) is 32.1 Å². The highest BCUT2D eigenvalue weighted by Crippen LogP contribution is 2.22. The van der Waals surface area contributed by atoms with Crippen molar-refractivity contribution in [3.8, 4) is 0 Å². The Balaban J connectivity index is 2.46. The van der Waals surface area contributed by atoms with E-state index in [1.165, 1.54) is 0 Å². The SMILES string of the molecule is CC(O)CNS(=O)(=O)C1CCCCC1. The molecule has 0 amide bonds. The van der Waals surface area contributed by atoms with Gasteiger partial charge in [-0.2, -0.15) is 0 Å². The summed E-state index contributed by atoms with van der Waals surface area (Å²) in [7, 11) is -3.19. The molecule has 14 heavy (non-hydrogen) atoms. The highest BCUT2D eigenvalue weighted by molar-refractivity contribution is 7.90. The minimum absolute atomic E-state index is 0.124. The van der Waals surface area contributed by atoms with Crippen molar-refractivity contribution in [3.63, 3.8) is 0 Å². The molecule has 5 heteroatoms. The molecule has 1 unspecified atom stereocenters. The molecule has 0 aromatic rings.